The van der Waals surface area contributed by atoms with E-state index in [4.69, 9.17) is 0 Å². The van der Waals surface area contributed by atoms with Crippen LogP contribution in [-0.2, 0) is 0 Å². The number of allylic oxidation sites excluding steroid dienone is 2. The van der Waals surface area contributed by atoms with Crippen LogP contribution in [0.3, 0.4) is 0 Å². The van der Waals surface area contributed by atoms with Gasteiger partial charge in [-0.2, -0.15) is 0 Å². The summed E-state index contributed by atoms with van der Waals surface area (Å²) in [5.41, 5.74) is 1.70. The third-order valence-electron chi connectivity index (χ3n) is 6.52. The van der Waals surface area contributed by atoms with Crippen molar-refractivity contribution in [3.8, 4) is 0 Å². The number of hydrogen-bond acceptors (Lipinski definition) is 0. The molecule has 148 valence electrons. The van der Waals surface area contributed by atoms with Crippen molar-refractivity contribution < 1.29 is 0 Å². The van der Waals surface area contributed by atoms with Crippen LogP contribution in [-0.4, -0.2) is 27.9 Å². The van der Waals surface area contributed by atoms with Crippen LogP contribution in [0.15, 0.2) is 99.6 Å². The van der Waals surface area contributed by atoms with Gasteiger partial charge < -0.3 is 0 Å². The SMILES string of the molecule is CCB(CC)/C(CC)=[C](/C)[Pb]([c]1ccccc1)([c]1ccccc1)[c]1ccccc1. The predicted octanol–water partition coefficient (Wildman–Crippen LogP) is 5.50. The van der Waals surface area contributed by atoms with Gasteiger partial charge in [0.15, 0.2) is 0 Å². The molecule has 0 N–H and O–H groups in total. The van der Waals surface area contributed by atoms with Gasteiger partial charge in [-0.05, 0) is 0 Å². The molecule has 0 saturated heterocycles. The van der Waals surface area contributed by atoms with Crippen molar-refractivity contribution in [1.29, 1.82) is 0 Å². The van der Waals surface area contributed by atoms with Gasteiger partial charge in [0.05, 0.1) is 0 Å². The molecule has 0 aromatic heterocycles. The molecule has 0 heterocycles. The number of hydrogen-bond donors (Lipinski definition) is 0. The molecule has 0 nitrogen and oxygen atoms in total. The van der Waals surface area contributed by atoms with Gasteiger partial charge in [-0.3, -0.25) is 0 Å². The summed E-state index contributed by atoms with van der Waals surface area (Å²) in [4.78, 5) is 0. The van der Waals surface area contributed by atoms with Crippen molar-refractivity contribution in [2.45, 2.75) is 46.8 Å². The van der Waals surface area contributed by atoms with Crippen LogP contribution < -0.4 is 9.37 Å². The first-order chi connectivity index (χ1) is 14.2. The van der Waals surface area contributed by atoms with Gasteiger partial charge in [-0.25, -0.2) is 0 Å². The Bertz CT molecular complexity index is 816. The van der Waals surface area contributed by atoms with E-state index in [0.29, 0.717) is 6.71 Å². The molecule has 0 spiro atoms. The molecule has 0 bridgehead atoms. The van der Waals surface area contributed by atoms with Crippen molar-refractivity contribution >= 4 is 37.3 Å². The van der Waals surface area contributed by atoms with Crippen molar-refractivity contribution in [3.63, 3.8) is 0 Å². The number of benzene rings is 3. The molecule has 3 rings (SSSR count). The Labute approximate surface area is 182 Å². The monoisotopic (exact) mass is 576 g/mol. The average Bonchev–Trinajstić information content (AvgIpc) is 2.80. The van der Waals surface area contributed by atoms with E-state index < -0.39 is 21.2 Å². The van der Waals surface area contributed by atoms with Crippen molar-refractivity contribution in [3.05, 3.63) is 99.6 Å². The summed E-state index contributed by atoms with van der Waals surface area (Å²) in [5.74, 6) is 0. The Morgan fingerprint density at radius 3 is 1.24 bits per heavy atom. The minimum atomic E-state index is -3.56. The van der Waals surface area contributed by atoms with E-state index in [1.54, 1.807) is 18.0 Å². The molecule has 3 aromatic rings. The van der Waals surface area contributed by atoms with Crippen LogP contribution in [0, 0.1) is 0 Å². The standard InChI is InChI=1S/C9H18B.3C6H5.Pb/c1-5-9(6-2)10(7-3)8-4;3*1-2-4-6-5-3-1;/h5,7-8H2,1-4H3;3*1-5H;. The Hall–Kier alpha value is -1.61. The van der Waals surface area contributed by atoms with Crippen molar-refractivity contribution in [2.75, 3.05) is 0 Å². The predicted molar refractivity (Wildman–Crippen MR) is 134 cm³/mol. The van der Waals surface area contributed by atoms with Gasteiger partial charge in [0.2, 0.25) is 0 Å². The van der Waals surface area contributed by atoms with Gasteiger partial charge in [0, 0.05) is 0 Å². The third kappa shape index (κ3) is 4.30. The molecule has 29 heavy (non-hydrogen) atoms. The molecule has 0 aliphatic rings. The quantitative estimate of drug-likeness (QED) is 0.312. The van der Waals surface area contributed by atoms with Crippen LogP contribution in [0.2, 0.25) is 12.6 Å². The Balaban J connectivity index is 2.46. The van der Waals surface area contributed by atoms with E-state index in [9.17, 15) is 0 Å². The second kappa shape index (κ2) is 10.4. The molecule has 0 saturated carbocycles. The molecule has 0 aliphatic carbocycles. The van der Waals surface area contributed by atoms with Gasteiger partial charge in [0.25, 0.3) is 0 Å². The molecule has 3 aromatic carbocycles. The van der Waals surface area contributed by atoms with Gasteiger partial charge in [-0.15, -0.1) is 0 Å². The molecule has 2 heteroatoms. The molecule has 0 unspecified atom stereocenters. The summed E-state index contributed by atoms with van der Waals surface area (Å²) in [6.45, 7) is 10.2. The van der Waals surface area contributed by atoms with Crippen LogP contribution in [0.25, 0.3) is 0 Å². The van der Waals surface area contributed by atoms with E-state index in [1.807, 2.05) is 0 Å². The zero-order valence-electron chi connectivity index (χ0n) is 18.4. The van der Waals surface area contributed by atoms with E-state index in [-0.39, 0.29) is 0 Å². The fraction of sp³-hybridized carbons (Fsp3) is 0.259. The van der Waals surface area contributed by atoms with Gasteiger partial charge in [0.1, 0.15) is 0 Å². The third-order valence-corrected chi connectivity index (χ3v) is 26.1. The summed E-state index contributed by atoms with van der Waals surface area (Å²) in [7, 11) is 0. The van der Waals surface area contributed by atoms with Crippen molar-refractivity contribution in [2.24, 2.45) is 0 Å². The summed E-state index contributed by atoms with van der Waals surface area (Å²) in [5, 5.41) is 0. The molecule has 0 atom stereocenters. The van der Waals surface area contributed by atoms with Crippen molar-refractivity contribution in [1.82, 2.24) is 0 Å². The first-order valence-corrected chi connectivity index (χ1v) is 18.8. The molecule has 0 fully saturated rings. The average molecular weight is 576 g/mol. The second-order valence-electron chi connectivity index (χ2n) is 7.87. The fourth-order valence-electron chi connectivity index (χ4n) is 5.10. The zero-order valence-corrected chi connectivity index (χ0v) is 22.2. The maximum atomic E-state index is 2.48. The molecule has 0 amide bonds. The zero-order chi connectivity index (χ0) is 20.7. The fourth-order valence-corrected chi connectivity index (χ4v) is 25.5. The normalized spacial score (nSPS) is 12.4. The van der Waals surface area contributed by atoms with Crippen LogP contribution in [0.1, 0.15) is 34.1 Å². The molecule has 0 radical (unpaired) electrons. The van der Waals surface area contributed by atoms with E-state index in [1.165, 1.54) is 12.6 Å². The summed E-state index contributed by atoms with van der Waals surface area (Å²) >= 11 is -3.56. The Morgan fingerprint density at radius 1 is 0.621 bits per heavy atom. The molecule has 0 aliphatic heterocycles. The Kier molecular flexibility index (Phi) is 7.94. The van der Waals surface area contributed by atoms with Crippen LogP contribution in [0.4, 0.5) is 0 Å². The summed E-state index contributed by atoms with van der Waals surface area (Å²) < 4.78 is 6.39. The first-order valence-electron chi connectivity index (χ1n) is 11.1. The van der Waals surface area contributed by atoms with E-state index >= 15 is 0 Å². The maximum absolute atomic E-state index is 3.56. The summed E-state index contributed by atoms with van der Waals surface area (Å²) in [6, 6.07) is 34.2. The van der Waals surface area contributed by atoms with Gasteiger partial charge in [-0.1, -0.05) is 0 Å². The van der Waals surface area contributed by atoms with E-state index in [2.05, 4.69) is 119 Å². The minimum absolute atomic E-state index is 0.676. The second-order valence-corrected chi connectivity index (χ2v) is 23.3. The van der Waals surface area contributed by atoms with Gasteiger partial charge >= 0.3 is 184 Å². The topological polar surface area (TPSA) is 0 Å². The van der Waals surface area contributed by atoms with Crippen LogP contribution in [0.5, 0.6) is 0 Å². The molecular formula is C27H33BPb. The van der Waals surface area contributed by atoms with Crippen LogP contribution >= 0.6 is 0 Å². The molecular weight excluding hydrogens is 542 g/mol. The number of rotatable bonds is 8. The first kappa shape index (κ1) is 22.1. The Morgan fingerprint density at radius 2 is 0.966 bits per heavy atom. The van der Waals surface area contributed by atoms with E-state index in [0.717, 1.165) is 6.42 Å². The summed E-state index contributed by atoms with van der Waals surface area (Å²) in [6.07, 6.45) is 3.59.